The fourth-order valence-corrected chi connectivity index (χ4v) is 9.91. The Bertz CT molecular complexity index is 2250. The predicted molar refractivity (Wildman–Crippen MR) is 231 cm³/mol. The smallest absolute Gasteiger partial charge is 0.413 e. The Morgan fingerprint density at radius 2 is 0.500 bits per heavy atom. The summed E-state index contributed by atoms with van der Waals surface area (Å²) >= 11 is 0. The van der Waals surface area contributed by atoms with Crippen LogP contribution in [0.4, 0.5) is 0 Å². The van der Waals surface area contributed by atoms with Crippen molar-refractivity contribution in [2.24, 2.45) is 0 Å². The SMILES string of the molecule is Cc1ccc(OP(=O)(Oc2ccc(C)c(C)c2C)c2ccc(-c3ccc(P(=O)(Oc4ccc(C)c(C)c4C)Oc4ccc(C)c(C)c4C)cc3)cc2)c(C)c1C. The zero-order chi connectivity index (χ0) is 40.7. The highest BCUT2D eigenvalue weighted by Crippen LogP contribution is 2.51. The predicted octanol–water partition coefficient (Wildman–Crippen LogP) is 13.0. The topological polar surface area (TPSA) is 71.1 Å². The second-order valence-corrected chi connectivity index (χ2v) is 18.7. The Morgan fingerprint density at radius 3 is 0.714 bits per heavy atom. The normalized spacial score (nSPS) is 11.7. The first kappa shape index (κ1) is 40.6. The molecular formula is C48H52O6P2. The second-order valence-electron chi connectivity index (χ2n) is 15.0. The minimum Gasteiger partial charge on any atom is -0.413 e. The Labute approximate surface area is 332 Å². The van der Waals surface area contributed by atoms with E-state index in [1.54, 1.807) is 24.3 Å². The summed E-state index contributed by atoms with van der Waals surface area (Å²) in [6, 6.07) is 30.0. The number of benzene rings is 6. The van der Waals surface area contributed by atoms with Crippen LogP contribution in [-0.4, -0.2) is 0 Å². The van der Waals surface area contributed by atoms with Crippen molar-refractivity contribution in [3.05, 3.63) is 164 Å². The molecule has 6 rings (SSSR count). The number of hydrogen-bond acceptors (Lipinski definition) is 6. The molecule has 0 aliphatic heterocycles. The molecule has 0 heterocycles. The first-order valence-corrected chi connectivity index (χ1v) is 22.0. The van der Waals surface area contributed by atoms with Crippen molar-refractivity contribution in [3.63, 3.8) is 0 Å². The van der Waals surface area contributed by atoms with Gasteiger partial charge in [-0.1, -0.05) is 48.5 Å². The lowest BCUT2D eigenvalue weighted by Gasteiger charge is -2.24. The van der Waals surface area contributed by atoms with Crippen LogP contribution in [0, 0.1) is 83.1 Å². The lowest BCUT2D eigenvalue weighted by atomic mass is 10.0. The first-order chi connectivity index (χ1) is 26.4. The lowest BCUT2D eigenvalue weighted by Crippen LogP contribution is -2.16. The second kappa shape index (κ2) is 15.8. The van der Waals surface area contributed by atoms with Gasteiger partial charge in [-0.15, -0.1) is 0 Å². The molecule has 6 aromatic rings. The van der Waals surface area contributed by atoms with Crippen molar-refractivity contribution in [3.8, 4) is 34.1 Å². The summed E-state index contributed by atoms with van der Waals surface area (Å²) < 4.78 is 55.6. The third kappa shape index (κ3) is 7.97. The van der Waals surface area contributed by atoms with Gasteiger partial charge < -0.3 is 18.1 Å². The molecule has 0 fully saturated rings. The zero-order valence-electron chi connectivity index (χ0n) is 34.6. The van der Waals surface area contributed by atoms with Gasteiger partial charge in [0.15, 0.2) is 0 Å². The van der Waals surface area contributed by atoms with Crippen LogP contribution in [0.15, 0.2) is 97.1 Å². The van der Waals surface area contributed by atoms with Gasteiger partial charge in [0.1, 0.15) is 23.0 Å². The van der Waals surface area contributed by atoms with E-state index in [9.17, 15) is 9.13 Å². The fourth-order valence-electron chi connectivity index (χ4n) is 6.56. The molecule has 0 bridgehead atoms. The molecule has 0 N–H and O–H groups in total. The van der Waals surface area contributed by atoms with Crippen molar-refractivity contribution in [1.29, 1.82) is 0 Å². The van der Waals surface area contributed by atoms with Crippen LogP contribution < -0.4 is 28.7 Å². The van der Waals surface area contributed by atoms with Gasteiger partial charge in [0.05, 0.1) is 10.6 Å². The van der Waals surface area contributed by atoms with E-state index in [0.29, 0.717) is 33.6 Å². The quantitative estimate of drug-likeness (QED) is 0.122. The van der Waals surface area contributed by atoms with Crippen LogP contribution in [0.25, 0.3) is 11.1 Å². The maximum absolute atomic E-state index is 15.0. The minimum atomic E-state index is -3.94. The van der Waals surface area contributed by atoms with E-state index < -0.39 is 15.2 Å². The Balaban J connectivity index is 1.36. The maximum Gasteiger partial charge on any atom is 0.462 e. The van der Waals surface area contributed by atoms with Crippen LogP contribution in [0.1, 0.15) is 66.8 Å². The summed E-state index contributed by atoms with van der Waals surface area (Å²) in [5.74, 6) is 2.05. The minimum absolute atomic E-state index is 0.423. The third-order valence-electron chi connectivity index (χ3n) is 11.6. The van der Waals surface area contributed by atoms with Gasteiger partial charge in [-0.05, 0) is 210 Å². The molecule has 0 spiro atoms. The van der Waals surface area contributed by atoms with Crippen LogP contribution in [0.3, 0.4) is 0 Å². The fraction of sp³-hybridized carbons (Fsp3) is 0.250. The van der Waals surface area contributed by atoms with E-state index in [2.05, 4.69) is 0 Å². The highest BCUT2D eigenvalue weighted by molar-refractivity contribution is 7.63. The molecule has 0 atom stereocenters. The summed E-state index contributed by atoms with van der Waals surface area (Å²) in [5, 5.41) is 0.846. The summed E-state index contributed by atoms with van der Waals surface area (Å²) in [5.41, 5.74) is 14.2. The van der Waals surface area contributed by atoms with Gasteiger partial charge in [0, 0.05) is 0 Å². The molecule has 56 heavy (non-hydrogen) atoms. The third-order valence-corrected chi connectivity index (χ3v) is 15.2. The van der Waals surface area contributed by atoms with E-state index in [-0.39, 0.29) is 0 Å². The summed E-state index contributed by atoms with van der Waals surface area (Å²) in [7, 11) is -7.88. The Hall–Kier alpha value is -5.02. The van der Waals surface area contributed by atoms with Gasteiger partial charge in [0.25, 0.3) is 0 Å². The largest absolute Gasteiger partial charge is 0.462 e. The highest BCUT2D eigenvalue weighted by Gasteiger charge is 2.35. The molecule has 0 radical (unpaired) electrons. The van der Waals surface area contributed by atoms with Gasteiger partial charge >= 0.3 is 15.2 Å². The van der Waals surface area contributed by atoms with Gasteiger partial charge in [-0.25, -0.2) is 9.13 Å². The van der Waals surface area contributed by atoms with Crippen molar-refractivity contribution >= 4 is 25.8 Å². The van der Waals surface area contributed by atoms with E-state index in [1.807, 2.05) is 156 Å². The van der Waals surface area contributed by atoms with Gasteiger partial charge in [0.2, 0.25) is 0 Å². The Morgan fingerprint density at radius 1 is 0.286 bits per heavy atom. The van der Waals surface area contributed by atoms with E-state index in [1.165, 1.54) is 0 Å². The number of rotatable bonds is 11. The zero-order valence-corrected chi connectivity index (χ0v) is 36.4. The molecule has 0 aromatic heterocycles. The maximum atomic E-state index is 15.0. The van der Waals surface area contributed by atoms with E-state index >= 15 is 0 Å². The van der Waals surface area contributed by atoms with Crippen LogP contribution in [-0.2, 0) is 9.13 Å². The van der Waals surface area contributed by atoms with Crippen LogP contribution in [0.2, 0.25) is 0 Å². The van der Waals surface area contributed by atoms with Gasteiger partial charge in [-0.3, -0.25) is 0 Å². The number of hydrogen-bond donors (Lipinski definition) is 0. The molecule has 8 heteroatoms. The first-order valence-electron chi connectivity index (χ1n) is 18.9. The van der Waals surface area contributed by atoms with Crippen molar-refractivity contribution in [1.82, 2.24) is 0 Å². The molecule has 6 aromatic carbocycles. The molecule has 0 unspecified atom stereocenters. The van der Waals surface area contributed by atoms with E-state index in [4.69, 9.17) is 18.1 Å². The molecule has 0 aliphatic rings. The average Bonchev–Trinajstić information content (AvgIpc) is 3.19. The van der Waals surface area contributed by atoms with Gasteiger partial charge in [-0.2, -0.15) is 0 Å². The van der Waals surface area contributed by atoms with Crippen molar-refractivity contribution in [2.45, 2.75) is 83.1 Å². The monoisotopic (exact) mass is 786 g/mol. The van der Waals surface area contributed by atoms with Crippen molar-refractivity contribution < 1.29 is 27.2 Å². The highest BCUT2D eigenvalue weighted by atomic mass is 31.2. The molecule has 0 saturated carbocycles. The Kier molecular flexibility index (Phi) is 11.5. The summed E-state index contributed by atoms with van der Waals surface area (Å²) in [6.45, 7) is 24.2. The average molecular weight is 787 g/mol. The molecule has 0 aliphatic carbocycles. The lowest BCUT2D eigenvalue weighted by molar-refractivity contribution is 0.395. The summed E-state index contributed by atoms with van der Waals surface area (Å²) in [6.07, 6.45) is 0. The molecule has 0 amide bonds. The van der Waals surface area contributed by atoms with E-state index in [0.717, 1.165) is 77.9 Å². The number of aryl methyl sites for hydroxylation is 4. The molecule has 6 nitrogen and oxygen atoms in total. The van der Waals surface area contributed by atoms with Crippen LogP contribution >= 0.6 is 15.2 Å². The summed E-state index contributed by atoms with van der Waals surface area (Å²) in [4.78, 5) is 0. The van der Waals surface area contributed by atoms with Crippen molar-refractivity contribution in [2.75, 3.05) is 0 Å². The molecule has 0 saturated heterocycles. The standard InChI is InChI=1S/C48H52O6P2/c1-29-13-25-45(37(9)33(29)5)51-55(49,52-46-26-14-30(2)34(6)38(46)10)43-21-17-41(18-22-43)42-19-23-44(24-20-42)56(50,53-47-27-15-31(3)35(7)39(47)11)54-48-28-16-32(4)36(8)40(48)12/h13-28H,1-12H3. The molecular weight excluding hydrogens is 734 g/mol. The van der Waals surface area contributed by atoms with Crippen LogP contribution in [0.5, 0.6) is 23.0 Å². The molecule has 290 valence electrons.